The lowest BCUT2D eigenvalue weighted by atomic mass is 10.1. The zero-order chi connectivity index (χ0) is 17.2. The first-order valence-electron chi connectivity index (χ1n) is 8.13. The van der Waals surface area contributed by atoms with Crippen molar-refractivity contribution in [1.29, 1.82) is 0 Å². The van der Waals surface area contributed by atoms with Crippen LogP contribution < -0.4 is 0 Å². The van der Waals surface area contributed by atoms with Gasteiger partial charge in [0.05, 0.1) is 17.5 Å². The lowest BCUT2D eigenvalue weighted by Crippen LogP contribution is -2.36. The van der Waals surface area contributed by atoms with Crippen LogP contribution in [0.15, 0.2) is 47.6 Å². The average Bonchev–Trinajstić information content (AvgIpc) is 3.20. The molecule has 0 amide bonds. The predicted octanol–water partition coefficient (Wildman–Crippen LogP) is 1.48. The Hall–Kier alpha value is -1.70. The van der Waals surface area contributed by atoms with Crippen LogP contribution in [0.4, 0.5) is 0 Å². The second-order valence-corrected chi connectivity index (χ2v) is 8.39. The first kappa shape index (κ1) is 17.1. The third-order valence-corrected chi connectivity index (χ3v) is 5.69. The van der Waals surface area contributed by atoms with Crippen LogP contribution in [0.1, 0.15) is 24.5 Å². The largest absolute Gasteiger partial charge is 0.387 e. The fourth-order valence-electron chi connectivity index (χ4n) is 3.23. The number of aliphatic hydroxyl groups is 1. The molecule has 7 heteroatoms. The van der Waals surface area contributed by atoms with E-state index in [9.17, 15) is 13.5 Å². The van der Waals surface area contributed by atoms with Crippen LogP contribution >= 0.6 is 0 Å². The fourth-order valence-corrected chi connectivity index (χ4v) is 3.86. The van der Waals surface area contributed by atoms with E-state index in [-0.39, 0.29) is 4.90 Å². The minimum atomic E-state index is -3.21. The summed E-state index contributed by atoms with van der Waals surface area (Å²) in [4.78, 5) is 2.56. The summed E-state index contributed by atoms with van der Waals surface area (Å²) in [6.45, 7) is 2.33. The number of hydrogen-bond donors (Lipinski definition) is 1. The molecule has 1 aliphatic heterocycles. The molecule has 0 unspecified atom stereocenters. The third-order valence-electron chi connectivity index (χ3n) is 4.56. The van der Waals surface area contributed by atoms with Gasteiger partial charge in [-0.1, -0.05) is 12.1 Å². The standard InChI is InChI=1S/C17H23N3O3S/c1-24(22,23)16-7-5-14(6-8-16)17(21)13-19-10-2-4-15(19)12-20-11-3-9-18-20/h3,5-9,11,15,17,21H,2,4,10,12-13H2,1H3/t15-,17-/m0/s1. The Morgan fingerprint density at radius 1 is 1.33 bits per heavy atom. The molecule has 1 aromatic heterocycles. The molecule has 1 N–H and O–H groups in total. The summed E-state index contributed by atoms with van der Waals surface area (Å²) in [6.07, 6.45) is 6.50. The molecule has 3 rings (SSSR count). The number of benzene rings is 1. The second-order valence-electron chi connectivity index (χ2n) is 6.38. The number of hydrogen-bond acceptors (Lipinski definition) is 5. The molecule has 2 atom stereocenters. The van der Waals surface area contributed by atoms with Gasteiger partial charge in [-0.05, 0) is 43.1 Å². The summed E-state index contributed by atoms with van der Waals surface area (Å²) in [7, 11) is -3.21. The van der Waals surface area contributed by atoms with Crippen LogP contribution in [0.25, 0.3) is 0 Å². The van der Waals surface area contributed by atoms with Crippen LogP contribution in [-0.2, 0) is 16.4 Å². The number of aromatic nitrogens is 2. The van der Waals surface area contributed by atoms with Crippen molar-refractivity contribution in [3.05, 3.63) is 48.3 Å². The summed E-state index contributed by atoms with van der Waals surface area (Å²) in [5, 5.41) is 14.8. The van der Waals surface area contributed by atoms with Crippen LogP contribution in [0.3, 0.4) is 0 Å². The van der Waals surface area contributed by atoms with Crippen molar-refractivity contribution >= 4 is 9.84 Å². The Bertz CT molecular complexity index is 757. The van der Waals surface area contributed by atoms with Crippen molar-refractivity contribution in [3.8, 4) is 0 Å². The normalized spacial score (nSPS) is 20.3. The number of likely N-dealkylation sites (tertiary alicyclic amines) is 1. The van der Waals surface area contributed by atoms with E-state index in [0.29, 0.717) is 12.6 Å². The van der Waals surface area contributed by atoms with Gasteiger partial charge in [0.15, 0.2) is 9.84 Å². The lowest BCUT2D eigenvalue weighted by Gasteiger charge is -2.27. The molecule has 6 nitrogen and oxygen atoms in total. The molecular weight excluding hydrogens is 326 g/mol. The highest BCUT2D eigenvalue weighted by Gasteiger charge is 2.27. The zero-order valence-corrected chi connectivity index (χ0v) is 14.6. The first-order valence-corrected chi connectivity index (χ1v) is 10.0. The van der Waals surface area contributed by atoms with Gasteiger partial charge in [-0.25, -0.2) is 8.42 Å². The van der Waals surface area contributed by atoms with Crippen LogP contribution in [-0.4, -0.2) is 53.6 Å². The van der Waals surface area contributed by atoms with E-state index in [2.05, 4.69) is 10.00 Å². The molecule has 1 aromatic carbocycles. The summed E-state index contributed by atoms with van der Waals surface area (Å²) < 4.78 is 24.9. The molecule has 0 radical (unpaired) electrons. The van der Waals surface area contributed by atoms with E-state index in [1.807, 2.05) is 16.9 Å². The molecular formula is C17H23N3O3S. The minimum Gasteiger partial charge on any atom is -0.387 e. The van der Waals surface area contributed by atoms with Gasteiger partial charge in [-0.15, -0.1) is 0 Å². The molecule has 0 spiro atoms. The smallest absolute Gasteiger partial charge is 0.175 e. The number of β-amino-alcohol motifs (C(OH)–C–C–N with tert-alkyl or cyclic N) is 1. The SMILES string of the molecule is CS(=O)(=O)c1ccc([C@@H](O)CN2CCC[C@H]2Cn2cccn2)cc1. The highest BCUT2D eigenvalue weighted by Crippen LogP contribution is 2.24. The van der Waals surface area contributed by atoms with Gasteiger partial charge in [-0.2, -0.15) is 5.10 Å². The van der Waals surface area contributed by atoms with Gasteiger partial charge in [0, 0.05) is 31.2 Å². The Morgan fingerprint density at radius 2 is 2.08 bits per heavy atom. The van der Waals surface area contributed by atoms with Gasteiger partial charge >= 0.3 is 0 Å². The van der Waals surface area contributed by atoms with Gasteiger partial charge < -0.3 is 5.11 Å². The predicted molar refractivity (Wildman–Crippen MR) is 91.3 cm³/mol. The summed E-state index contributed by atoms with van der Waals surface area (Å²) in [5.74, 6) is 0. The van der Waals surface area contributed by atoms with Gasteiger partial charge in [0.1, 0.15) is 0 Å². The first-order chi connectivity index (χ1) is 11.4. The lowest BCUT2D eigenvalue weighted by molar-refractivity contribution is 0.100. The maximum absolute atomic E-state index is 11.5. The van der Waals surface area contributed by atoms with E-state index >= 15 is 0 Å². The number of aliphatic hydroxyl groups excluding tert-OH is 1. The maximum atomic E-state index is 11.5. The molecule has 24 heavy (non-hydrogen) atoms. The number of sulfone groups is 1. The molecule has 0 bridgehead atoms. The quantitative estimate of drug-likeness (QED) is 0.855. The van der Waals surface area contributed by atoms with Crippen molar-refractivity contribution in [2.45, 2.75) is 36.4 Å². The molecule has 2 aromatic rings. The number of nitrogens with zero attached hydrogens (tertiary/aromatic N) is 3. The van der Waals surface area contributed by atoms with Crippen molar-refractivity contribution in [2.75, 3.05) is 19.3 Å². The highest BCUT2D eigenvalue weighted by molar-refractivity contribution is 7.90. The monoisotopic (exact) mass is 349 g/mol. The van der Waals surface area contributed by atoms with Crippen LogP contribution in [0.5, 0.6) is 0 Å². The van der Waals surface area contributed by atoms with Gasteiger partial charge in [0.2, 0.25) is 0 Å². The summed E-state index contributed by atoms with van der Waals surface area (Å²) in [5.41, 5.74) is 0.743. The Kier molecular flexibility index (Phi) is 5.03. The topological polar surface area (TPSA) is 75.4 Å². The number of rotatable bonds is 6. The van der Waals surface area contributed by atoms with Crippen LogP contribution in [0.2, 0.25) is 0 Å². The van der Waals surface area contributed by atoms with Gasteiger partial charge in [0.25, 0.3) is 0 Å². The van der Waals surface area contributed by atoms with Crippen molar-refractivity contribution in [3.63, 3.8) is 0 Å². The molecule has 0 saturated carbocycles. The third kappa shape index (κ3) is 4.03. The van der Waals surface area contributed by atoms with Crippen molar-refractivity contribution < 1.29 is 13.5 Å². The van der Waals surface area contributed by atoms with Gasteiger partial charge in [-0.3, -0.25) is 9.58 Å². The maximum Gasteiger partial charge on any atom is 0.175 e. The average molecular weight is 349 g/mol. The fraction of sp³-hybridized carbons (Fsp3) is 0.471. The van der Waals surface area contributed by atoms with E-state index in [1.54, 1.807) is 30.5 Å². The summed E-state index contributed by atoms with van der Waals surface area (Å²) in [6, 6.07) is 8.78. The van der Waals surface area contributed by atoms with Crippen LogP contribution in [0, 0.1) is 0 Å². The molecule has 1 saturated heterocycles. The van der Waals surface area contributed by atoms with E-state index in [1.165, 1.54) is 6.26 Å². The Labute approximate surface area is 142 Å². The molecule has 1 aliphatic rings. The Balaban J connectivity index is 1.64. The van der Waals surface area contributed by atoms with Crippen molar-refractivity contribution in [1.82, 2.24) is 14.7 Å². The molecule has 2 heterocycles. The minimum absolute atomic E-state index is 0.274. The van der Waals surface area contributed by atoms with E-state index in [0.717, 1.165) is 31.5 Å². The Morgan fingerprint density at radius 3 is 2.71 bits per heavy atom. The zero-order valence-electron chi connectivity index (χ0n) is 13.7. The van der Waals surface area contributed by atoms with E-state index < -0.39 is 15.9 Å². The molecule has 0 aliphatic carbocycles. The molecule has 1 fully saturated rings. The molecule has 130 valence electrons. The highest BCUT2D eigenvalue weighted by atomic mass is 32.2. The van der Waals surface area contributed by atoms with Crippen molar-refractivity contribution in [2.24, 2.45) is 0 Å². The summed E-state index contributed by atoms with van der Waals surface area (Å²) >= 11 is 0. The second kappa shape index (κ2) is 7.04. The van der Waals surface area contributed by atoms with E-state index in [4.69, 9.17) is 0 Å².